The maximum Gasteiger partial charge on any atom is 0.163 e. The van der Waals surface area contributed by atoms with Crippen molar-refractivity contribution in [2.75, 3.05) is 6.61 Å². The Labute approximate surface area is 90.3 Å². The molecule has 2 heteroatoms. The van der Waals surface area contributed by atoms with Crippen LogP contribution in [0.1, 0.15) is 42.1 Å². The van der Waals surface area contributed by atoms with Gasteiger partial charge in [0.15, 0.2) is 5.78 Å². The molecule has 1 aromatic carbocycles. The number of carbonyl (C=O) groups is 1. The third-order valence-corrected chi connectivity index (χ3v) is 2.79. The van der Waals surface area contributed by atoms with E-state index in [1.807, 2.05) is 25.1 Å². The molecule has 1 aliphatic rings. The fourth-order valence-corrected chi connectivity index (χ4v) is 2.03. The maximum absolute atomic E-state index is 11.8. The Hall–Kier alpha value is -1.31. The third-order valence-electron chi connectivity index (χ3n) is 2.79. The summed E-state index contributed by atoms with van der Waals surface area (Å²) in [7, 11) is 0. The second kappa shape index (κ2) is 4.47. The van der Waals surface area contributed by atoms with Crippen molar-refractivity contribution in [3.63, 3.8) is 0 Å². The van der Waals surface area contributed by atoms with Gasteiger partial charge in [-0.1, -0.05) is 6.07 Å². The molecule has 0 amide bonds. The number of carbonyl (C=O) groups excluding carboxylic acids is 1. The summed E-state index contributed by atoms with van der Waals surface area (Å²) >= 11 is 0. The predicted octanol–water partition coefficient (Wildman–Crippen LogP) is 2.99. The number of rotatable bonds is 2. The Morgan fingerprint density at radius 2 is 2.07 bits per heavy atom. The highest BCUT2D eigenvalue weighted by Crippen LogP contribution is 2.24. The van der Waals surface area contributed by atoms with E-state index < -0.39 is 0 Å². The monoisotopic (exact) mass is 204 g/mol. The largest absolute Gasteiger partial charge is 0.494 e. The fraction of sp³-hybridized carbons (Fsp3) is 0.462. The lowest BCUT2D eigenvalue weighted by atomic mass is 10.0. The Kier molecular flexibility index (Phi) is 3.05. The number of hydrogen-bond acceptors (Lipinski definition) is 2. The molecular formula is C13H16O2. The smallest absolute Gasteiger partial charge is 0.163 e. The van der Waals surface area contributed by atoms with Gasteiger partial charge in [0, 0.05) is 12.0 Å². The van der Waals surface area contributed by atoms with E-state index in [2.05, 4.69) is 0 Å². The van der Waals surface area contributed by atoms with Gasteiger partial charge < -0.3 is 4.74 Å². The average Bonchev–Trinajstić information content (AvgIpc) is 2.42. The predicted molar refractivity (Wildman–Crippen MR) is 59.5 cm³/mol. The van der Waals surface area contributed by atoms with E-state index in [1.54, 1.807) is 0 Å². The molecule has 0 fully saturated rings. The molecule has 0 spiro atoms. The van der Waals surface area contributed by atoms with Gasteiger partial charge in [-0.2, -0.15) is 0 Å². The molecule has 2 rings (SSSR count). The molecule has 0 aliphatic heterocycles. The Balaban J connectivity index is 2.35. The van der Waals surface area contributed by atoms with Crippen molar-refractivity contribution in [2.24, 2.45) is 0 Å². The molecule has 0 saturated carbocycles. The van der Waals surface area contributed by atoms with Crippen LogP contribution in [0.4, 0.5) is 0 Å². The van der Waals surface area contributed by atoms with Crippen LogP contribution in [0.2, 0.25) is 0 Å². The normalized spacial score (nSPS) is 15.7. The van der Waals surface area contributed by atoms with E-state index in [4.69, 9.17) is 4.74 Å². The van der Waals surface area contributed by atoms with Crippen LogP contribution >= 0.6 is 0 Å². The minimum atomic E-state index is 0.268. The summed E-state index contributed by atoms with van der Waals surface area (Å²) in [6.07, 6.45) is 3.83. The minimum Gasteiger partial charge on any atom is -0.494 e. The van der Waals surface area contributed by atoms with Crippen LogP contribution in [0.25, 0.3) is 0 Å². The molecule has 0 bridgehead atoms. The van der Waals surface area contributed by atoms with Crippen LogP contribution < -0.4 is 4.74 Å². The van der Waals surface area contributed by atoms with Crippen LogP contribution in [0.15, 0.2) is 18.2 Å². The second-order valence-corrected chi connectivity index (χ2v) is 3.88. The SMILES string of the molecule is CCOc1ccc2c(c1)C(=O)CCCC2. The molecule has 0 atom stereocenters. The highest BCUT2D eigenvalue weighted by molar-refractivity contribution is 5.98. The van der Waals surface area contributed by atoms with Gasteiger partial charge in [0.1, 0.15) is 5.75 Å². The van der Waals surface area contributed by atoms with Gasteiger partial charge in [-0.15, -0.1) is 0 Å². The molecule has 0 radical (unpaired) electrons. The van der Waals surface area contributed by atoms with Crippen LogP contribution in [0.5, 0.6) is 5.75 Å². The van der Waals surface area contributed by atoms with Crippen LogP contribution in [0.3, 0.4) is 0 Å². The van der Waals surface area contributed by atoms with E-state index in [1.165, 1.54) is 5.56 Å². The van der Waals surface area contributed by atoms with Gasteiger partial charge >= 0.3 is 0 Å². The van der Waals surface area contributed by atoms with Crippen LogP contribution in [0, 0.1) is 0 Å². The molecule has 1 aromatic rings. The first-order valence-corrected chi connectivity index (χ1v) is 5.60. The van der Waals surface area contributed by atoms with Gasteiger partial charge in [-0.3, -0.25) is 4.79 Å². The number of Topliss-reactive ketones (excluding diaryl/α,β-unsaturated/α-hetero) is 1. The van der Waals surface area contributed by atoms with Crippen molar-refractivity contribution in [3.8, 4) is 5.75 Å². The number of aryl methyl sites for hydroxylation is 1. The van der Waals surface area contributed by atoms with Crippen LogP contribution in [-0.4, -0.2) is 12.4 Å². The number of fused-ring (bicyclic) bond motifs is 1. The first kappa shape index (κ1) is 10.2. The van der Waals surface area contributed by atoms with Gasteiger partial charge in [0.2, 0.25) is 0 Å². The van der Waals surface area contributed by atoms with Crippen molar-refractivity contribution in [1.82, 2.24) is 0 Å². The quantitative estimate of drug-likeness (QED) is 0.692. The molecule has 0 unspecified atom stereocenters. The molecule has 0 heterocycles. The van der Waals surface area contributed by atoms with Gasteiger partial charge in [-0.25, -0.2) is 0 Å². The molecular weight excluding hydrogens is 188 g/mol. The number of benzene rings is 1. The molecule has 0 aromatic heterocycles. The van der Waals surface area contributed by atoms with Crippen molar-refractivity contribution in [2.45, 2.75) is 32.6 Å². The molecule has 0 N–H and O–H groups in total. The number of ether oxygens (including phenoxy) is 1. The van der Waals surface area contributed by atoms with E-state index in [9.17, 15) is 4.79 Å². The van der Waals surface area contributed by atoms with E-state index >= 15 is 0 Å². The molecule has 2 nitrogen and oxygen atoms in total. The summed E-state index contributed by atoms with van der Waals surface area (Å²) < 4.78 is 5.41. The summed E-state index contributed by atoms with van der Waals surface area (Å²) in [6.45, 7) is 2.60. The maximum atomic E-state index is 11.8. The number of hydrogen-bond donors (Lipinski definition) is 0. The topological polar surface area (TPSA) is 26.3 Å². The van der Waals surface area contributed by atoms with E-state index in [-0.39, 0.29) is 5.78 Å². The lowest BCUT2D eigenvalue weighted by Crippen LogP contribution is -2.01. The minimum absolute atomic E-state index is 0.268. The summed E-state index contributed by atoms with van der Waals surface area (Å²) in [5, 5.41) is 0. The zero-order chi connectivity index (χ0) is 10.7. The van der Waals surface area contributed by atoms with Gasteiger partial charge in [-0.05, 0) is 43.9 Å². The summed E-state index contributed by atoms with van der Waals surface area (Å²) in [5.74, 6) is 1.08. The highest BCUT2D eigenvalue weighted by atomic mass is 16.5. The Morgan fingerprint density at radius 3 is 2.87 bits per heavy atom. The summed E-state index contributed by atoms with van der Waals surface area (Å²) in [5.41, 5.74) is 2.06. The fourth-order valence-electron chi connectivity index (χ4n) is 2.03. The zero-order valence-corrected chi connectivity index (χ0v) is 9.08. The van der Waals surface area contributed by atoms with E-state index in [0.717, 1.165) is 30.6 Å². The molecule has 15 heavy (non-hydrogen) atoms. The zero-order valence-electron chi connectivity index (χ0n) is 9.08. The lowest BCUT2D eigenvalue weighted by Gasteiger charge is -2.08. The molecule has 0 saturated heterocycles. The van der Waals surface area contributed by atoms with Crippen molar-refractivity contribution in [1.29, 1.82) is 0 Å². The first-order chi connectivity index (χ1) is 7.31. The lowest BCUT2D eigenvalue weighted by molar-refractivity contribution is 0.0981. The second-order valence-electron chi connectivity index (χ2n) is 3.88. The van der Waals surface area contributed by atoms with Gasteiger partial charge in [0.25, 0.3) is 0 Å². The third kappa shape index (κ3) is 2.20. The molecule has 1 aliphatic carbocycles. The van der Waals surface area contributed by atoms with Crippen molar-refractivity contribution in [3.05, 3.63) is 29.3 Å². The highest BCUT2D eigenvalue weighted by Gasteiger charge is 2.15. The van der Waals surface area contributed by atoms with Crippen molar-refractivity contribution >= 4 is 5.78 Å². The average molecular weight is 204 g/mol. The van der Waals surface area contributed by atoms with E-state index in [0.29, 0.717) is 13.0 Å². The summed E-state index contributed by atoms with van der Waals surface area (Å²) in [4.78, 5) is 11.8. The van der Waals surface area contributed by atoms with Crippen LogP contribution in [-0.2, 0) is 6.42 Å². The van der Waals surface area contributed by atoms with Crippen molar-refractivity contribution < 1.29 is 9.53 Å². The standard InChI is InChI=1S/C13H16O2/c1-2-15-11-8-7-10-5-3-4-6-13(14)12(10)9-11/h7-9H,2-6H2,1H3. The first-order valence-electron chi connectivity index (χ1n) is 5.60. The van der Waals surface area contributed by atoms with Gasteiger partial charge in [0.05, 0.1) is 6.61 Å². The number of ketones is 1. The molecule has 80 valence electrons. The Morgan fingerprint density at radius 1 is 1.27 bits per heavy atom. The summed E-state index contributed by atoms with van der Waals surface area (Å²) in [6, 6.07) is 5.89. The Bertz CT molecular complexity index is 369.